The molecule has 0 bridgehead atoms. The molecular weight excluding hydrogens is 409 g/mol. The van der Waals surface area contributed by atoms with Gasteiger partial charge in [-0.3, -0.25) is 0 Å². The standard InChI is InChI=1S/C20H28NSi.HI/c1-16-10-6-8-12-18(16)20-19-13-9-7-11-17(19)14-21(20,2)15-22(3,4)5;/h6-13,20H,14-15H2,1-5H3;1H/q+1;/p-1/t20-,21-;/m0./s1. The molecule has 1 nitrogen and oxygen atoms in total. The number of benzene rings is 2. The van der Waals surface area contributed by atoms with Gasteiger partial charge in [0.15, 0.2) is 0 Å². The van der Waals surface area contributed by atoms with Crippen molar-refractivity contribution in [3.63, 3.8) is 0 Å². The molecule has 0 aromatic heterocycles. The van der Waals surface area contributed by atoms with Crippen molar-refractivity contribution in [2.75, 3.05) is 13.2 Å². The molecule has 23 heavy (non-hydrogen) atoms. The molecule has 2 aromatic rings. The maximum atomic E-state index is 2.49. The van der Waals surface area contributed by atoms with Gasteiger partial charge >= 0.3 is 0 Å². The van der Waals surface area contributed by atoms with E-state index in [2.05, 4.69) is 82.1 Å². The predicted molar refractivity (Wildman–Crippen MR) is 97.6 cm³/mol. The Bertz CT molecular complexity index is 692. The van der Waals surface area contributed by atoms with Gasteiger partial charge in [0, 0.05) is 16.7 Å². The van der Waals surface area contributed by atoms with Crippen molar-refractivity contribution in [2.24, 2.45) is 0 Å². The molecular formula is C20H28INSi. The number of fused-ring (bicyclic) bond motifs is 1. The smallest absolute Gasteiger partial charge is 0.141 e. The van der Waals surface area contributed by atoms with E-state index in [-0.39, 0.29) is 24.0 Å². The highest BCUT2D eigenvalue weighted by Gasteiger charge is 2.45. The monoisotopic (exact) mass is 437 g/mol. The van der Waals surface area contributed by atoms with Gasteiger partial charge in [0.25, 0.3) is 0 Å². The van der Waals surface area contributed by atoms with Crippen LogP contribution in [0.2, 0.25) is 19.6 Å². The van der Waals surface area contributed by atoms with Crippen LogP contribution in [-0.2, 0) is 6.54 Å². The van der Waals surface area contributed by atoms with Crippen molar-refractivity contribution in [2.45, 2.75) is 39.2 Å². The molecule has 0 fully saturated rings. The second-order valence-electron chi connectivity index (χ2n) is 8.31. The number of rotatable bonds is 3. The van der Waals surface area contributed by atoms with E-state index in [1.165, 1.54) is 35.0 Å². The normalized spacial score (nSPS) is 23.3. The largest absolute Gasteiger partial charge is 1.00 e. The molecule has 0 saturated heterocycles. The molecule has 3 heteroatoms. The fourth-order valence-corrected chi connectivity index (χ4v) is 6.85. The third kappa shape index (κ3) is 3.72. The zero-order valence-corrected chi connectivity index (χ0v) is 18.1. The van der Waals surface area contributed by atoms with Crippen LogP contribution in [0.1, 0.15) is 28.3 Å². The topological polar surface area (TPSA) is 0 Å². The molecule has 0 unspecified atom stereocenters. The van der Waals surface area contributed by atoms with E-state index in [0.717, 1.165) is 4.48 Å². The Morgan fingerprint density at radius 1 is 0.957 bits per heavy atom. The molecule has 1 aliphatic rings. The van der Waals surface area contributed by atoms with Gasteiger partial charge in [0.2, 0.25) is 0 Å². The van der Waals surface area contributed by atoms with Gasteiger partial charge in [-0.05, 0) is 12.5 Å². The molecule has 3 rings (SSSR count). The Labute approximate surface area is 159 Å². The number of quaternary nitrogens is 1. The fraction of sp³-hybridized carbons (Fsp3) is 0.400. The zero-order chi connectivity index (χ0) is 16.0. The number of aryl methyl sites for hydroxylation is 1. The summed E-state index contributed by atoms with van der Waals surface area (Å²) in [5.74, 6) is 0. The third-order valence-electron chi connectivity index (χ3n) is 4.82. The zero-order valence-electron chi connectivity index (χ0n) is 14.9. The van der Waals surface area contributed by atoms with Crippen LogP contribution >= 0.6 is 0 Å². The van der Waals surface area contributed by atoms with Crippen LogP contribution in [0, 0.1) is 6.92 Å². The summed E-state index contributed by atoms with van der Waals surface area (Å²) in [6.45, 7) is 10.9. The van der Waals surface area contributed by atoms with Crippen molar-refractivity contribution in [1.82, 2.24) is 0 Å². The van der Waals surface area contributed by atoms with Crippen molar-refractivity contribution in [1.29, 1.82) is 0 Å². The Morgan fingerprint density at radius 2 is 1.52 bits per heavy atom. The van der Waals surface area contributed by atoms with E-state index in [9.17, 15) is 0 Å². The molecule has 0 aliphatic carbocycles. The van der Waals surface area contributed by atoms with E-state index in [1.807, 2.05) is 0 Å². The second kappa shape index (κ2) is 6.69. The Morgan fingerprint density at radius 3 is 2.13 bits per heavy atom. The number of hydrogen-bond acceptors (Lipinski definition) is 0. The quantitative estimate of drug-likeness (QED) is 0.391. The van der Waals surface area contributed by atoms with Gasteiger partial charge in [0.1, 0.15) is 20.7 Å². The summed E-state index contributed by atoms with van der Waals surface area (Å²) >= 11 is 0. The van der Waals surface area contributed by atoms with Gasteiger partial charge in [0.05, 0.1) is 13.2 Å². The Hall–Kier alpha value is -0.653. The van der Waals surface area contributed by atoms with Crippen LogP contribution in [0.15, 0.2) is 48.5 Å². The van der Waals surface area contributed by atoms with Gasteiger partial charge in [-0.15, -0.1) is 0 Å². The maximum absolute atomic E-state index is 2.49. The lowest BCUT2D eigenvalue weighted by Crippen LogP contribution is -3.00. The average Bonchev–Trinajstić information content (AvgIpc) is 2.68. The number of nitrogens with zero attached hydrogens (tertiary/aromatic N) is 1. The van der Waals surface area contributed by atoms with E-state index in [4.69, 9.17) is 0 Å². The van der Waals surface area contributed by atoms with Gasteiger partial charge in [-0.25, -0.2) is 0 Å². The SMILES string of the molecule is Cc1ccccc1[C@H]1c2ccccc2C[N@@+]1(C)C[Si](C)(C)C.[I-]. The van der Waals surface area contributed by atoms with E-state index in [0.29, 0.717) is 6.04 Å². The highest BCUT2D eigenvalue weighted by molar-refractivity contribution is 6.76. The van der Waals surface area contributed by atoms with E-state index >= 15 is 0 Å². The van der Waals surface area contributed by atoms with Crippen molar-refractivity contribution in [3.05, 3.63) is 70.8 Å². The molecule has 124 valence electrons. The Balaban J connectivity index is 0.00000192. The summed E-state index contributed by atoms with van der Waals surface area (Å²) in [7, 11) is 1.31. The lowest BCUT2D eigenvalue weighted by molar-refractivity contribution is -0.930. The van der Waals surface area contributed by atoms with Gasteiger partial charge < -0.3 is 28.5 Å². The van der Waals surface area contributed by atoms with E-state index in [1.54, 1.807) is 0 Å². The van der Waals surface area contributed by atoms with Crippen LogP contribution in [-0.4, -0.2) is 25.8 Å². The first-order valence-corrected chi connectivity index (χ1v) is 12.0. The third-order valence-corrected chi connectivity index (χ3v) is 6.49. The van der Waals surface area contributed by atoms with Crippen molar-refractivity contribution in [3.8, 4) is 0 Å². The minimum Gasteiger partial charge on any atom is -1.00 e. The van der Waals surface area contributed by atoms with Crippen LogP contribution in [0.4, 0.5) is 0 Å². The first-order valence-electron chi connectivity index (χ1n) is 8.28. The number of halogens is 1. The highest BCUT2D eigenvalue weighted by Crippen LogP contribution is 2.44. The maximum Gasteiger partial charge on any atom is 0.141 e. The second-order valence-corrected chi connectivity index (χ2v) is 13.8. The lowest BCUT2D eigenvalue weighted by atomic mass is 9.94. The highest BCUT2D eigenvalue weighted by atomic mass is 127. The summed E-state index contributed by atoms with van der Waals surface area (Å²) in [5.41, 5.74) is 6.01. The first kappa shape index (κ1) is 18.7. The summed E-state index contributed by atoms with van der Waals surface area (Å²) < 4.78 is 1.14. The first-order chi connectivity index (χ1) is 10.3. The molecule has 0 saturated carbocycles. The van der Waals surface area contributed by atoms with Crippen LogP contribution in [0.25, 0.3) is 0 Å². The van der Waals surface area contributed by atoms with Gasteiger partial charge in [-0.1, -0.05) is 68.2 Å². The lowest BCUT2D eigenvalue weighted by Gasteiger charge is -2.41. The van der Waals surface area contributed by atoms with Crippen LogP contribution in [0.5, 0.6) is 0 Å². The molecule has 1 aliphatic heterocycles. The fourth-order valence-electron chi connectivity index (χ4n) is 4.39. The number of hydrogen-bond donors (Lipinski definition) is 0. The van der Waals surface area contributed by atoms with Crippen molar-refractivity contribution >= 4 is 8.07 Å². The minimum absolute atomic E-state index is 0. The van der Waals surface area contributed by atoms with Crippen LogP contribution < -0.4 is 24.0 Å². The molecule has 0 amide bonds. The van der Waals surface area contributed by atoms with Crippen LogP contribution in [0.3, 0.4) is 0 Å². The molecule has 1 heterocycles. The molecule has 2 atom stereocenters. The summed E-state index contributed by atoms with van der Waals surface area (Å²) in [6, 6.07) is 18.5. The average molecular weight is 437 g/mol. The Kier molecular flexibility index (Phi) is 5.43. The minimum atomic E-state index is -1.15. The molecule has 2 aromatic carbocycles. The molecule has 0 radical (unpaired) electrons. The molecule has 0 N–H and O–H groups in total. The predicted octanol–water partition coefficient (Wildman–Crippen LogP) is 1.93. The summed E-state index contributed by atoms with van der Waals surface area (Å²) in [4.78, 5) is 0. The summed E-state index contributed by atoms with van der Waals surface area (Å²) in [6.07, 6.45) is 1.32. The molecule has 0 spiro atoms. The van der Waals surface area contributed by atoms with Crippen molar-refractivity contribution < 1.29 is 28.5 Å². The van der Waals surface area contributed by atoms with Gasteiger partial charge in [-0.2, -0.15) is 0 Å². The summed E-state index contributed by atoms with van der Waals surface area (Å²) in [5, 5.41) is 0. The van der Waals surface area contributed by atoms with E-state index < -0.39 is 8.07 Å².